The van der Waals surface area contributed by atoms with Gasteiger partial charge in [-0.15, -0.1) is 0 Å². The van der Waals surface area contributed by atoms with E-state index in [1.54, 1.807) is 17.9 Å². The molecule has 0 saturated carbocycles. The van der Waals surface area contributed by atoms with Crippen LogP contribution < -0.4 is 10.2 Å². The number of benzene rings is 1. The minimum absolute atomic E-state index is 0.202. The highest BCUT2D eigenvalue weighted by Crippen LogP contribution is 2.14. The molecule has 2 heterocycles. The first-order chi connectivity index (χ1) is 14.2. The van der Waals surface area contributed by atoms with Crippen LogP contribution in [-0.4, -0.2) is 66.2 Å². The van der Waals surface area contributed by atoms with Gasteiger partial charge in [-0.05, 0) is 25.3 Å². The monoisotopic (exact) mass is 397 g/mol. The van der Waals surface area contributed by atoms with Crippen LogP contribution in [0, 0.1) is 0 Å². The first-order valence-corrected chi connectivity index (χ1v) is 9.98. The number of aromatic nitrogens is 2. The summed E-state index contributed by atoms with van der Waals surface area (Å²) >= 11 is 0. The molecule has 0 bridgehead atoms. The normalized spacial score (nSPS) is 13.8. The molecule has 29 heavy (non-hydrogen) atoms. The van der Waals surface area contributed by atoms with Crippen molar-refractivity contribution in [2.75, 3.05) is 44.2 Å². The highest BCUT2D eigenvalue weighted by molar-refractivity contribution is 5.92. The maximum absolute atomic E-state index is 12.4. The largest absolute Gasteiger partial charge is 0.450 e. The average Bonchev–Trinajstić information content (AvgIpc) is 2.77. The summed E-state index contributed by atoms with van der Waals surface area (Å²) in [6, 6.07) is 11.9. The van der Waals surface area contributed by atoms with Gasteiger partial charge in [-0.2, -0.15) is 0 Å². The molecule has 0 aliphatic carbocycles. The zero-order valence-corrected chi connectivity index (χ0v) is 16.7. The van der Waals surface area contributed by atoms with Gasteiger partial charge in [0.05, 0.1) is 6.61 Å². The van der Waals surface area contributed by atoms with E-state index in [2.05, 4.69) is 27.4 Å². The van der Waals surface area contributed by atoms with E-state index in [4.69, 9.17) is 4.74 Å². The molecule has 8 nitrogen and oxygen atoms in total. The smallest absolute Gasteiger partial charge is 0.409 e. The number of amides is 2. The number of aryl methyl sites for hydroxylation is 1. The van der Waals surface area contributed by atoms with Gasteiger partial charge < -0.3 is 19.9 Å². The van der Waals surface area contributed by atoms with Crippen LogP contribution in [0.3, 0.4) is 0 Å². The summed E-state index contributed by atoms with van der Waals surface area (Å²) in [6.45, 7) is 5.14. The number of carbonyl (C=O) groups is 2. The van der Waals surface area contributed by atoms with Gasteiger partial charge in [0.15, 0.2) is 0 Å². The van der Waals surface area contributed by atoms with E-state index in [1.165, 1.54) is 11.9 Å². The lowest BCUT2D eigenvalue weighted by Crippen LogP contribution is -2.49. The van der Waals surface area contributed by atoms with Gasteiger partial charge in [0.1, 0.15) is 17.8 Å². The molecule has 1 aliphatic rings. The van der Waals surface area contributed by atoms with E-state index in [0.717, 1.165) is 12.8 Å². The third-order valence-corrected chi connectivity index (χ3v) is 4.79. The molecule has 1 aliphatic heterocycles. The highest BCUT2D eigenvalue weighted by atomic mass is 16.6. The van der Waals surface area contributed by atoms with Gasteiger partial charge in [0.25, 0.3) is 5.91 Å². The van der Waals surface area contributed by atoms with E-state index in [9.17, 15) is 9.59 Å². The first kappa shape index (κ1) is 20.6. The second-order valence-corrected chi connectivity index (χ2v) is 6.78. The number of carbonyl (C=O) groups excluding carboxylic acids is 2. The highest BCUT2D eigenvalue weighted by Gasteiger charge is 2.23. The van der Waals surface area contributed by atoms with Crippen molar-refractivity contribution in [1.82, 2.24) is 20.2 Å². The molecular weight excluding hydrogens is 370 g/mol. The number of nitrogens with one attached hydrogen (secondary N) is 1. The number of ether oxygens (including phenoxy) is 1. The van der Waals surface area contributed by atoms with Crippen LogP contribution in [0.5, 0.6) is 0 Å². The van der Waals surface area contributed by atoms with Crippen LogP contribution >= 0.6 is 0 Å². The predicted octanol–water partition coefficient (Wildman–Crippen LogP) is 2.12. The van der Waals surface area contributed by atoms with Gasteiger partial charge in [-0.3, -0.25) is 4.79 Å². The molecule has 0 unspecified atom stereocenters. The Morgan fingerprint density at radius 3 is 2.59 bits per heavy atom. The summed E-state index contributed by atoms with van der Waals surface area (Å²) in [5, 5.41) is 2.92. The average molecular weight is 397 g/mol. The van der Waals surface area contributed by atoms with Crippen LogP contribution in [0.25, 0.3) is 0 Å². The first-order valence-electron chi connectivity index (χ1n) is 9.98. The van der Waals surface area contributed by atoms with Gasteiger partial charge in [-0.1, -0.05) is 30.3 Å². The molecule has 2 amide bonds. The molecule has 3 rings (SSSR count). The summed E-state index contributed by atoms with van der Waals surface area (Å²) in [5.41, 5.74) is 1.61. The Balaban J connectivity index is 1.47. The van der Waals surface area contributed by atoms with Crippen molar-refractivity contribution in [3.05, 3.63) is 54.0 Å². The van der Waals surface area contributed by atoms with Crippen molar-refractivity contribution < 1.29 is 14.3 Å². The Hall–Kier alpha value is -3.16. The van der Waals surface area contributed by atoms with Gasteiger partial charge in [0, 0.05) is 38.8 Å². The van der Waals surface area contributed by atoms with Crippen molar-refractivity contribution in [3.63, 3.8) is 0 Å². The number of nitrogens with zero attached hydrogens (tertiary/aromatic N) is 4. The topological polar surface area (TPSA) is 87.7 Å². The number of hydrogen-bond donors (Lipinski definition) is 1. The minimum Gasteiger partial charge on any atom is -0.450 e. The van der Waals surface area contributed by atoms with Crippen molar-refractivity contribution in [2.45, 2.75) is 19.8 Å². The lowest BCUT2D eigenvalue weighted by atomic mass is 10.1. The number of rotatable bonds is 7. The minimum atomic E-state index is -0.287. The summed E-state index contributed by atoms with van der Waals surface area (Å²) < 4.78 is 5.04. The fourth-order valence-corrected chi connectivity index (χ4v) is 3.21. The maximum atomic E-state index is 12.4. The zero-order valence-electron chi connectivity index (χ0n) is 16.7. The van der Waals surface area contributed by atoms with Crippen LogP contribution in [0.2, 0.25) is 0 Å². The lowest BCUT2D eigenvalue weighted by Gasteiger charge is -2.34. The van der Waals surface area contributed by atoms with Crippen LogP contribution in [-0.2, 0) is 11.2 Å². The third kappa shape index (κ3) is 5.91. The van der Waals surface area contributed by atoms with Gasteiger partial charge in [0.2, 0.25) is 0 Å². The van der Waals surface area contributed by atoms with E-state index in [1.807, 2.05) is 23.1 Å². The summed E-state index contributed by atoms with van der Waals surface area (Å²) in [4.78, 5) is 36.3. The standard InChI is InChI=1S/C21H27N5O3/c1-2-29-21(28)26-13-11-25(12-14-26)19-15-18(23-16-24-19)20(27)22-10-6-9-17-7-4-3-5-8-17/h3-5,7-8,15-16H,2,6,9-14H2,1H3,(H,22,27). The molecule has 1 aromatic carbocycles. The Bertz CT molecular complexity index is 807. The molecule has 154 valence electrons. The molecular formula is C21H27N5O3. The molecule has 1 fully saturated rings. The SMILES string of the molecule is CCOC(=O)N1CCN(c2cc(C(=O)NCCCc3ccccc3)ncn2)CC1. The van der Waals surface area contributed by atoms with E-state index in [0.29, 0.717) is 50.8 Å². The molecule has 0 atom stereocenters. The summed E-state index contributed by atoms with van der Waals surface area (Å²) in [7, 11) is 0. The third-order valence-electron chi connectivity index (χ3n) is 4.79. The summed E-state index contributed by atoms with van der Waals surface area (Å²) in [5.74, 6) is 0.491. The van der Waals surface area contributed by atoms with Crippen LogP contribution in [0.4, 0.5) is 10.6 Å². The second-order valence-electron chi connectivity index (χ2n) is 6.78. The van der Waals surface area contributed by atoms with Crippen LogP contribution in [0.1, 0.15) is 29.4 Å². The Morgan fingerprint density at radius 2 is 1.86 bits per heavy atom. The van der Waals surface area contributed by atoms with Crippen molar-refractivity contribution in [1.29, 1.82) is 0 Å². The maximum Gasteiger partial charge on any atom is 0.409 e. The molecule has 0 radical (unpaired) electrons. The molecule has 8 heteroatoms. The predicted molar refractivity (Wildman–Crippen MR) is 110 cm³/mol. The Labute approximate surface area is 170 Å². The lowest BCUT2D eigenvalue weighted by molar-refractivity contribution is 0.0948. The van der Waals surface area contributed by atoms with E-state index < -0.39 is 0 Å². The van der Waals surface area contributed by atoms with Crippen LogP contribution in [0.15, 0.2) is 42.7 Å². The quantitative estimate of drug-likeness (QED) is 0.720. The van der Waals surface area contributed by atoms with E-state index >= 15 is 0 Å². The Kier molecular flexibility index (Phi) is 7.38. The second kappa shape index (κ2) is 10.4. The molecule has 1 saturated heterocycles. The molecule has 2 aromatic rings. The van der Waals surface area contributed by atoms with Crippen molar-refractivity contribution >= 4 is 17.8 Å². The van der Waals surface area contributed by atoms with Crippen molar-refractivity contribution in [2.24, 2.45) is 0 Å². The number of anilines is 1. The molecule has 0 spiro atoms. The molecule has 1 N–H and O–H groups in total. The fraction of sp³-hybridized carbons (Fsp3) is 0.429. The van der Waals surface area contributed by atoms with Crippen molar-refractivity contribution in [3.8, 4) is 0 Å². The van der Waals surface area contributed by atoms with Gasteiger partial charge >= 0.3 is 6.09 Å². The zero-order chi connectivity index (χ0) is 20.5. The van der Waals surface area contributed by atoms with E-state index in [-0.39, 0.29) is 12.0 Å². The molecule has 1 aromatic heterocycles. The fourth-order valence-electron chi connectivity index (χ4n) is 3.21. The number of hydrogen-bond acceptors (Lipinski definition) is 6. The number of piperazine rings is 1. The van der Waals surface area contributed by atoms with Gasteiger partial charge in [-0.25, -0.2) is 14.8 Å². The summed E-state index contributed by atoms with van der Waals surface area (Å²) in [6.07, 6.45) is 2.90. The Morgan fingerprint density at radius 1 is 1.10 bits per heavy atom.